The first-order chi connectivity index (χ1) is 12.1. The fourth-order valence-electron chi connectivity index (χ4n) is 2.19. The van der Waals surface area contributed by atoms with Crippen LogP contribution in [0.2, 0.25) is 5.02 Å². The molecule has 2 N–H and O–H groups in total. The summed E-state index contributed by atoms with van der Waals surface area (Å²) in [4.78, 5) is 24.1. The second-order valence-electron chi connectivity index (χ2n) is 5.54. The molecule has 0 atom stereocenters. The SMILES string of the molecule is COC(=O)c1cc(NC(=O)c2ccc(NS(C)(=O)=O)c(C)c2)ccc1Cl. The Balaban J connectivity index is 2.23. The van der Waals surface area contributed by atoms with Gasteiger partial charge in [-0.15, -0.1) is 0 Å². The van der Waals surface area contributed by atoms with Crippen LogP contribution in [0, 0.1) is 6.92 Å². The van der Waals surface area contributed by atoms with Crippen LogP contribution < -0.4 is 10.0 Å². The number of methoxy groups -OCH3 is 1. The molecule has 0 bridgehead atoms. The summed E-state index contributed by atoms with van der Waals surface area (Å²) in [5.41, 5.74) is 1.82. The summed E-state index contributed by atoms with van der Waals surface area (Å²) >= 11 is 5.94. The Hall–Kier alpha value is -2.58. The summed E-state index contributed by atoms with van der Waals surface area (Å²) in [7, 11) is -2.17. The van der Waals surface area contributed by atoms with Gasteiger partial charge in [0.2, 0.25) is 10.0 Å². The van der Waals surface area contributed by atoms with Crippen LogP contribution in [0.1, 0.15) is 26.3 Å². The van der Waals surface area contributed by atoms with E-state index in [-0.39, 0.29) is 10.6 Å². The Kier molecular flexibility index (Phi) is 5.89. The van der Waals surface area contributed by atoms with Gasteiger partial charge in [-0.05, 0) is 48.9 Å². The number of carbonyl (C=O) groups is 2. The van der Waals surface area contributed by atoms with Gasteiger partial charge in [-0.25, -0.2) is 13.2 Å². The van der Waals surface area contributed by atoms with Crippen LogP contribution >= 0.6 is 11.6 Å². The number of esters is 1. The number of rotatable bonds is 5. The molecule has 1 amide bonds. The van der Waals surface area contributed by atoms with Gasteiger partial charge in [0, 0.05) is 11.3 Å². The third kappa shape index (κ3) is 4.96. The highest BCUT2D eigenvalue weighted by Gasteiger charge is 2.14. The molecule has 0 aliphatic carbocycles. The van der Waals surface area contributed by atoms with Crippen molar-refractivity contribution in [1.82, 2.24) is 0 Å². The molecule has 2 aromatic carbocycles. The van der Waals surface area contributed by atoms with Gasteiger partial charge in [-0.1, -0.05) is 11.6 Å². The molecule has 0 radical (unpaired) electrons. The molecule has 7 nitrogen and oxygen atoms in total. The van der Waals surface area contributed by atoms with E-state index in [1.165, 1.54) is 31.4 Å². The Bertz CT molecular complexity index is 973. The van der Waals surface area contributed by atoms with Crippen molar-refractivity contribution in [2.75, 3.05) is 23.4 Å². The zero-order valence-corrected chi connectivity index (χ0v) is 15.9. The molecule has 0 saturated carbocycles. The van der Waals surface area contributed by atoms with Crippen LogP contribution in [0.3, 0.4) is 0 Å². The predicted molar refractivity (Wildman–Crippen MR) is 100 cm³/mol. The number of anilines is 2. The lowest BCUT2D eigenvalue weighted by Gasteiger charge is -2.11. The average molecular weight is 397 g/mol. The van der Waals surface area contributed by atoms with E-state index in [9.17, 15) is 18.0 Å². The van der Waals surface area contributed by atoms with Crippen molar-refractivity contribution in [3.63, 3.8) is 0 Å². The summed E-state index contributed by atoms with van der Waals surface area (Å²) in [5.74, 6) is -1.03. The van der Waals surface area contributed by atoms with Gasteiger partial charge < -0.3 is 10.1 Å². The summed E-state index contributed by atoms with van der Waals surface area (Å²) in [5, 5.41) is 2.87. The molecule has 26 heavy (non-hydrogen) atoms. The largest absolute Gasteiger partial charge is 0.465 e. The fourth-order valence-corrected chi connectivity index (χ4v) is 3.02. The zero-order chi connectivity index (χ0) is 19.5. The van der Waals surface area contributed by atoms with E-state index in [1.54, 1.807) is 19.1 Å². The van der Waals surface area contributed by atoms with Crippen LogP contribution in [-0.4, -0.2) is 33.7 Å². The van der Waals surface area contributed by atoms with Gasteiger partial charge in [-0.2, -0.15) is 0 Å². The first-order valence-electron chi connectivity index (χ1n) is 7.38. The monoisotopic (exact) mass is 396 g/mol. The van der Waals surface area contributed by atoms with Crippen molar-refractivity contribution < 1.29 is 22.7 Å². The lowest BCUT2D eigenvalue weighted by Crippen LogP contribution is -2.14. The summed E-state index contributed by atoms with van der Waals surface area (Å²) in [6.07, 6.45) is 1.05. The van der Waals surface area contributed by atoms with E-state index in [0.717, 1.165) is 6.26 Å². The molecule has 0 aliphatic rings. The molecule has 0 spiro atoms. The smallest absolute Gasteiger partial charge is 0.339 e. The van der Waals surface area contributed by atoms with Crippen molar-refractivity contribution in [2.45, 2.75) is 6.92 Å². The molecule has 0 heterocycles. The molecule has 9 heteroatoms. The molecule has 2 aromatic rings. The molecule has 0 unspecified atom stereocenters. The average Bonchev–Trinajstić information content (AvgIpc) is 2.56. The summed E-state index contributed by atoms with van der Waals surface area (Å²) < 4.78 is 29.6. The van der Waals surface area contributed by atoms with E-state index < -0.39 is 21.9 Å². The number of aryl methyl sites for hydroxylation is 1. The van der Waals surface area contributed by atoms with Crippen LogP contribution in [0.15, 0.2) is 36.4 Å². The second kappa shape index (κ2) is 7.76. The number of carbonyl (C=O) groups excluding carboxylic acids is 2. The van der Waals surface area contributed by atoms with Crippen molar-refractivity contribution >= 4 is 44.9 Å². The Morgan fingerprint density at radius 2 is 1.81 bits per heavy atom. The summed E-state index contributed by atoms with van der Waals surface area (Å²) in [6, 6.07) is 9.01. The van der Waals surface area contributed by atoms with Gasteiger partial charge in [0.05, 0.1) is 29.6 Å². The van der Waals surface area contributed by atoms with Crippen LogP contribution in [0.25, 0.3) is 0 Å². The number of hydrogen-bond donors (Lipinski definition) is 2. The van der Waals surface area contributed by atoms with Crippen molar-refractivity contribution in [2.24, 2.45) is 0 Å². The Morgan fingerprint density at radius 3 is 2.38 bits per heavy atom. The van der Waals surface area contributed by atoms with Crippen molar-refractivity contribution in [3.05, 3.63) is 58.1 Å². The van der Waals surface area contributed by atoms with E-state index in [4.69, 9.17) is 11.6 Å². The Morgan fingerprint density at radius 1 is 1.12 bits per heavy atom. The number of sulfonamides is 1. The van der Waals surface area contributed by atoms with Gasteiger partial charge >= 0.3 is 5.97 Å². The van der Waals surface area contributed by atoms with Gasteiger partial charge in [-0.3, -0.25) is 9.52 Å². The second-order valence-corrected chi connectivity index (χ2v) is 7.70. The maximum Gasteiger partial charge on any atom is 0.339 e. The third-order valence-corrected chi connectivity index (χ3v) is 4.33. The quantitative estimate of drug-likeness (QED) is 0.756. The lowest BCUT2D eigenvalue weighted by molar-refractivity contribution is 0.0600. The van der Waals surface area contributed by atoms with Crippen LogP contribution in [0.4, 0.5) is 11.4 Å². The maximum atomic E-state index is 12.4. The predicted octanol–water partition coefficient (Wildman–Crippen LogP) is 3.06. The first-order valence-corrected chi connectivity index (χ1v) is 9.65. The van der Waals surface area contributed by atoms with E-state index in [1.807, 2.05) is 0 Å². The highest BCUT2D eigenvalue weighted by Crippen LogP contribution is 2.23. The third-order valence-electron chi connectivity index (χ3n) is 3.41. The number of ether oxygens (including phenoxy) is 1. The fraction of sp³-hybridized carbons (Fsp3) is 0.176. The lowest BCUT2D eigenvalue weighted by atomic mass is 10.1. The zero-order valence-electron chi connectivity index (χ0n) is 14.3. The minimum absolute atomic E-state index is 0.135. The van der Waals surface area contributed by atoms with Crippen LogP contribution in [0.5, 0.6) is 0 Å². The van der Waals surface area contributed by atoms with E-state index in [2.05, 4.69) is 14.8 Å². The first kappa shape index (κ1) is 19.7. The molecule has 2 rings (SSSR count). The van der Waals surface area contributed by atoms with Gasteiger partial charge in [0.15, 0.2) is 0 Å². The topological polar surface area (TPSA) is 102 Å². The number of hydrogen-bond acceptors (Lipinski definition) is 5. The molecule has 138 valence electrons. The Labute approximate surface area is 156 Å². The minimum Gasteiger partial charge on any atom is -0.465 e. The molecular weight excluding hydrogens is 380 g/mol. The standard InChI is InChI=1S/C17H17ClN2O5S/c1-10-8-11(4-7-15(10)20-26(3,23)24)16(21)19-12-5-6-14(18)13(9-12)17(22)25-2/h4-9,20H,1-3H3,(H,19,21). The normalized spacial score (nSPS) is 10.9. The number of benzene rings is 2. The minimum atomic E-state index is -3.41. The number of nitrogens with one attached hydrogen (secondary N) is 2. The van der Waals surface area contributed by atoms with Gasteiger partial charge in [0.25, 0.3) is 5.91 Å². The summed E-state index contributed by atoms with van der Waals surface area (Å²) in [6.45, 7) is 1.68. The molecule has 0 aliphatic heterocycles. The number of amides is 1. The van der Waals surface area contributed by atoms with E-state index >= 15 is 0 Å². The van der Waals surface area contributed by atoms with Gasteiger partial charge in [0.1, 0.15) is 0 Å². The molecular formula is C17H17ClN2O5S. The van der Waals surface area contributed by atoms with Crippen LogP contribution in [-0.2, 0) is 14.8 Å². The highest BCUT2D eigenvalue weighted by molar-refractivity contribution is 7.92. The maximum absolute atomic E-state index is 12.4. The van der Waals surface area contributed by atoms with Crippen molar-refractivity contribution in [3.8, 4) is 0 Å². The molecule has 0 saturated heterocycles. The highest BCUT2D eigenvalue weighted by atomic mass is 35.5. The van der Waals surface area contributed by atoms with Crippen molar-refractivity contribution in [1.29, 1.82) is 0 Å². The van der Waals surface area contributed by atoms with E-state index in [0.29, 0.717) is 22.5 Å². The molecule has 0 fully saturated rings. The molecule has 0 aromatic heterocycles. The number of halogens is 1.